The van der Waals surface area contributed by atoms with Crippen molar-refractivity contribution in [3.8, 4) is 84.4 Å². The van der Waals surface area contributed by atoms with E-state index >= 15 is 0 Å². The van der Waals surface area contributed by atoms with Crippen molar-refractivity contribution in [2.75, 3.05) is 11.5 Å². The third-order valence-electron chi connectivity index (χ3n) is 11.7. The Labute approximate surface area is 365 Å². The van der Waals surface area contributed by atoms with E-state index in [1.807, 2.05) is 97.1 Å². The average Bonchev–Trinajstić information content (AvgIpc) is 3.66. The molecule has 6 heteroatoms. The van der Waals surface area contributed by atoms with Crippen LogP contribution in [-0.4, -0.2) is 19.5 Å². The SMILES string of the molecule is Nc1ccc2c(c1)c1cc(N)ccc1n2-c1c(-c2ccc(-c3ccccc3)cc2)cc(-c2nc(-c3ccccc3)nc(-c3ccccc3)n2)cc1-c1ccc(-c2ccccc2)cc1. The largest absolute Gasteiger partial charge is 0.399 e. The van der Waals surface area contributed by atoms with Crippen molar-refractivity contribution in [2.45, 2.75) is 0 Å². The van der Waals surface area contributed by atoms with Gasteiger partial charge in [-0.3, -0.25) is 0 Å². The van der Waals surface area contributed by atoms with E-state index in [1.54, 1.807) is 0 Å². The maximum atomic E-state index is 6.50. The lowest BCUT2D eigenvalue weighted by Crippen LogP contribution is -2.04. The molecule has 0 unspecified atom stereocenters. The number of hydrogen-bond donors (Lipinski definition) is 2. The van der Waals surface area contributed by atoms with Gasteiger partial charge in [0.1, 0.15) is 0 Å². The lowest BCUT2D eigenvalue weighted by Gasteiger charge is -2.21. The molecule has 0 fully saturated rings. The molecule has 63 heavy (non-hydrogen) atoms. The minimum atomic E-state index is 0.571. The maximum absolute atomic E-state index is 6.50. The fourth-order valence-electron chi connectivity index (χ4n) is 8.63. The summed E-state index contributed by atoms with van der Waals surface area (Å²) in [5.74, 6) is 1.77. The first kappa shape index (κ1) is 37.4. The molecule has 298 valence electrons. The third kappa shape index (κ3) is 7.05. The highest BCUT2D eigenvalue weighted by Crippen LogP contribution is 2.45. The van der Waals surface area contributed by atoms with Gasteiger partial charge < -0.3 is 16.0 Å². The summed E-state index contributed by atoms with van der Waals surface area (Å²) in [6.07, 6.45) is 0. The van der Waals surface area contributed by atoms with E-state index in [2.05, 4.69) is 126 Å². The van der Waals surface area contributed by atoms with Crippen LogP contribution in [0, 0.1) is 0 Å². The molecule has 9 aromatic carbocycles. The first-order valence-corrected chi connectivity index (χ1v) is 21.0. The second-order valence-electron chi connectivity index (χ2n) is 15.7. The molecule has 0 aliphatic carbocycles. The third-order valence-corrected chi connectivity index (χ3v) is 11.7. The van der Waals surface area contributed by atoms with Crippen LogP contribution < -0.4 is 11.5 Å². The number of nitrogens with zero attached hydrogens (tertiary/aromatic N) is 4. The zero-order valence-electron chi connectivity index (χ0n) is 34.2. The molecule has 11 aromatic rings. The average molecular weight is 809 g/mol. The van der Waals surface area contributed by atoms with E-state index < -0.39 is 0 Å². The van der Waals surface area contributed by atoms with Crippen LogP contribution in [0.3, 0.4) is 0 Å². The Balaban J connectivity index is 1.24. The van der Waals surface area contributed by atoms with Gasteiger partial charge in [0.05, 0.1) is 16.7 Å². The standard InChI is InChI=1S/C57H40N6/c58-46-29-31-52-50(35-46)51-36-47(59)30-32-53(51)63(52)54-48(41-25-21-39(22-26-41)37-13-5-1-6-14-37)33-45(34-49(54)42-27-23-40(24-28-42)38-15-7-2-8-16-38)57-61-55(43-17-9-3-10-18-43)60-56(62-57)44-19-11-4-12-20-44/h1-36H,58-59H2. The molecule has 0 saturated heterocycles. The fraction of sp³-hybridized carbons (Fsp3) is 0. The minimum absolute atomic E-state index is 0.571. The van der Waals surface area contributed by atoms with Gasteiger partial charge in [-0.15, -0.1) is 0 Å². The molecule has 4 N–H and O–H groups in total. The van der Waals surface area contributed by atoms with Gasteiger partial charge in [0, 0.05) is 50.0 Å². The van der Waals surface area contributed by atoms with Gasteiger partial charge >= 0.3 is 0 Å². The smallest absolute Gasteiger partial charge is 0.164 e. The number of rotatable bonds is 8. The Bertz CT molecular complexity index is 3200. The van der Waals surface area contributed by atoms with Crippen LogP contribution >= 0.6 is 0 Å². The fourth-order valence-corrected chi connectivity index (χ4v) is 8.63. The van der Waals surface area contributed by atoms with E-state index in [9.17, 15) is 0 Å². The normalized spacial score (nSPS) is 11.3. The highest BCUT2D eigenvalue weighted by molar-refractivity contribution is 6.12. The summed E-state index contributed by atoms with van der Waals surface area (Å²) < 4.78 is 2.37. The molecule has 0 radical (unpaired) electrons. The molecule has 0 bridgehead atoms. The van der Waals surface area contributed by atoms with Gasteiger partial charge in [0.15, 0.2) is 17.5 Å². The van der Waals surface area contributed by atoms with Crippen LogP contribution in [-0.2, 0) is 0 Å². The van der Waals surface area contributed by atoms with Gasteiger partial charge in [-0.1, -0.05) is 170 Å². The molecular weight excluding hydrogens is 769 g/mol. The monoisotopic (exact) mass is 808 g/mol. The molecule has 0 spiro atoms. The highest BCUT2D eigenvalue weighted by Gasteiger charge is 2.24. The van der Waals surface area contributed by atoms with Crippen LogP contribution in [0.2, 0.25) is 0 Å². The number of anilines is 2. The molecule has 2 heterocycles. The van der Waals surface area contributed by atoms with Crippen molar-refractivity contribution in [1.82, 2.24) is 19.5 Å². The summed E-state index contributed by atoms with van der Waals surface area (Å²) in [6, 6.07) is 75.6. The Morgan fingerprint density at radius 2 is 0.603 bits per heavy atom. The number of nitrogens with two attached hydrogens (primary N) is 2. The van der Waals surface area contributed by atoms with Crippen LogP contribution in [0.25, 0.3) is 106 Å². The minimum Gasteiger partial charge on any atom is -0.399 e. The van der Waals surface area contributed by atoms with Gasteiger partial charge in [0.25, 0.3) is 0 Å². The Morgan fingerprint density at radius 3 is 0.984 bits per heavy atom. The van der Waals surface area contributed by atoms with Gasteiger partial charge in [-0.25, -0.2) is 15.0 Å². The predicted octanol–water partition coefficient (Wildman–Crippen LogP) is 13.8. The summed E-state index contributed by atoms with van der Waals surface area (Å²) >= 11 is 0. The summed E-state index contributed by atoms with van der Waals surface area (Å²) in [4.78, 5) is 15.5. The van der Waals surface area contributed by atoms with Crippen molar-refractivity contribution in [2.24, 2.45) is 0 Å². The predicted molar refractivity (Wildman–Crippen MR) is 261 cm³/mol. The van der Waals surface area contributed by atoms with Crippen LogP contribution in [0.4, 0.5) is 11.4 Å². The zero-order chi connectivity index (χ0) is 42.3. The van der Waals surface area contributed by atoms with Gasteiger partial charge in [-0.2, -0.15) is 0 Å². The topological polar surface area (TPSA) is 95.6 Å². The molecule has 0 saturated carbocycles. The van der Waals surface area contributed by atoms with Crippen molar-refractivity contribution in [3.63, 3.8) is 0 Å². The van der Waals surface area contributed by atoms with E-state index in [-0.39, 0.29) is 0 Å². The summed E-state index contributed by atoms with van der Waals surface area (Å²) in [7, 11) is 0. The second-order valence-corrected chi connectivity index (χ2v) is 15.7. The second kappa shape index (κ2) is 15.8. The molecule has 0 amide bonds. The maximum Gasteiger partial charge on any atom is 0.164 e. The van der Waals surface area contributed by atoms with Crippen LogP contribution in [0.15, 0.2) is 218 Å². The highest BCUT2D eigenvalue weighted by atomic mass is 15.0. The summed E-state index contributed by atoms with van der Waals surface area (Å²) in [5, 5.41) is 2.05. The van der Waals surface area contributed by atoms with E-state index in [0.717, 1.165) is 88.7 Å². The number of fused-ring (bicyclic) bond motifs is 3. The van der Waals surface area contributed by atoms with Crippen molar-refractivity contribution in [1.29, 1.82) is 0 Å². The van der Waals surface area contributed by atoms with Crippen molar-refractivity contribution < 1.29 is 0 Å². The number of aromatic nitrogens is 4. The lowest BCUT2D eigenvalue weighted by molar-refractivity contribution is 1.07. The van der Waals surface area contributed by atoms with Crippen LogP contribution in [0.5, 0.6) is 0 Å². The molecule has 0 aliphatic heterocycles. The molecule has 0 aliphatic rings. The quantitative estimate of drug-likeness (QED) is 0.149. The van der Waals surface area contributed by atoms with E-state index in [1.165, 1.54) is 0 Å². The molecule has 0 atom stereocenters. The number of benzene rings is 9. The van der Waals surface area contributed by atoms with Crippen LogP contribution in [0.1, 0.15) is 0 Å². The van der Waals surface area contributed by atoms with Gasteiger partial charge in [-0.05, 0) is 81.9 Å². The first-order chi connectivity index (χ1) is 31.0. The molecule has 11 rings (SSSR count). The Kier molecular flexibility index (Phi) is 9.36. The van der Waals surface area contributed by atoms with Gasteiger partial charge in [0.2, 0.25) is 0 Å². The molecular formula is C57H40N6. The Hall–Kier alpha value is -8.61. The zero-order valence-corrected chi connectivity index (χ0v) is 34.2. The first-order valence-electron chi connectivity index (χ1n) is 21.0. The molecule has 6 nitrogen and oxygen atoms in total. The van der Waals surface area contributed by atoms with Crippen molar-refractivity contribution in [3.05, 3.63) is 218 Å². The number of nitrogen functional groups attached to an aromatic ring is 2. The van der Waals surface area contributed by atoms with E-state index in [0.29, 0.717) is 28.8 Å². The lowest BCUT2D eigenvalue weighted by atomic mass is 9.91. The number of hydrogen-bond acceptors (Lipinski definition) is 5. The van der Waals surface area contributed by atoms with E-state index in [4.69, 9.17) is 26.4 Å². The summed E-state index contributed by atoms with van der Waals surface area (Å²) in [5.41, 5.74) is 28.7. The Morgan fingerprint density at radius 1 is 0.286 bits per heavy atom. The summed E-state index contributed by atoms with van der Waals surface area (Å²) in [6.45, 7) is 0. The molecule has 2 aromatic heterocycles. The van der Waals surface area contributed by atoms with Crippen molar-refractivity contribution >= 4 is 33.2 Å².